The van der Waals surface area contributed by atoms with Crippen molar-refractivity contribution in [1.29, 1.82) is 0 Å². The molecule has 0 heterocycles. The molecule has 0 amide bonds. The van der Waals surface area contributed by atoms with Gasteiger partial charge in [0.05, 0.1) is 26.4 Å². The van der Waals surface area contributed by atoms with Crippen molar-refractivity contribution in [1.82, 2.24) is 0 Å². The van der Waals surface area contributed by atoms with Crippen LogP contribution in [0.3, 0.4) is 0 Å². The smallest absolute Gasteiger partial charge is 0.462 e. The highest BCUT2D eigenvalue weighted by molar-refractivity contribution is 7.47. The Morgan fingerprint density at radius 3 is 0.717 bits per heavy atom. The number of unbranched alkanes of at least 4 members (excludes halogenated alkanes) is 51. The molecule has 0 fully saturated rings. The van der Waals surface area contributed by atoms with Crippen molar-refractivity contribution in [3.63, 3.8) is 0 Å². The molecule has 0 aromatic heterocycles. The Kier molecular flexibility index (Phi) is 71.6. The molecule has 17 nitrogen and oxygen atoms in total. The molecule has 0 spiro atoms. The van der Waals surface area contributed by atoms with E-state index in [1.165, 1.54) is 238 Å². The third-order valence-electron chi connectivity index (χ3n) is 19.1. The van der Waals surface area contributed by atoms with Crippen LogP contribution in [0.5, 0.6) is 0 Å². The van der Waals surface area contributed by atoms with Gasteiger partial charge in [0.15, 0.2) is 12.2 Å². The molecular weight excluding hydrogens is 1290 g/mol. The van der Waals surface area contributed by atoms with Gasteiger partial charge in [0.25, 0.3) is 0 Å². The van der Waals surface area contributed by atoms with Crippen LogP contribution >= 0.6 is 15.6 Å². The molecule has 0 rings (SSSR count). The second-order valence-corrected chi connectivity index (χ2v) is 32.0. The third kappa shape index (κ3) is 72.8. The first-order valence-electron chi connectivity index (χ1n) is 41.7. The van der Waals surface area contributed by atoms with Gasteiger partial charge in [0, 0.05) is 25.7 Å². The fraction of sp³-hybridized carbons (Fsp3) is 0.950. The van der Waals surface area contributed by atoms with Crippen LogP contribution in [0.4, 0.5) is 0 Å². The van der Waals surface area contributed by atoms with E-state index in [9.17, 15) is 43.2 Å². The molecule has 6 atom stereocenters. The highest BCUT2D eigenvalue weighted by atomic mass is 31.2. The van der Waals surface area contributed by atoms with Crippen LogP contribution in [0.1, 0.15) is 426 Å². The van der Waals surface area contributed by atoms with E-state index < -0.39 is 97.5 Å². The van der Waals surface area contributed by atoms with Gasteiger partial charge in [-0.25, -0.2) is 9.13 Å². The summed E-state index contributed by atoms with van der Waals surface area (Å²) in [5, 5.41) is 10.6. The summed E-state index contributed by atoms with van der Waals surface area (Å²) in [5.74, 6) is -1.26. The van der Waals surface area contributed by atoms with Gasteiger partial charge < -0.3 is 33.8 Å². The third-order valence-corrected chi connectivity index (χ3v) is 21.0. The van der Waals surface area contributed by atoms with Gasteiger partial charge in [-0.05, 0) is 31.6 Å². The minimum Gasteiger partial charge on any atom is -0.462 e. The topological polar surface area (TPSA) is 237 Å². The van der Waals surface area contributed by atoms with Gasteiger partial charge in [0.1, 0.15) is 19.3 Å². The number of carbonyl (C=O) groups excluding carboxylic acids is 4. The monoisotopic (exact) mass is 1450 g/mol. The number of carbonyl (C=O) groups is 4. The van der Waals surface area contributed by atoms with Crippen molar-refractivity contribution in [2.45, 2.75) is 445 Å². The van der Waals surface area contributed by atoms with E-state index >= 15 is 0 Å². The van der Waals surface area contributed by atoms with Crippen LogP contribution in [-0.2, 0) is 65.4 Å². The number of esters is 4. The Labute approximate surface area is 607 Å². The molecule has 0 aliphatic carbocycles. The van der Waals surface area contributed by atoms with Crippen molar-refractivity contribution in [2.24, 2.45) is 5.92 Å². The number of hydrogen-bond acceptors (Lipinski definition) is 15. The van der Waals surface area contributed by atoms with E-state index in [2.05, 4.69) is 34.6 Å². The summed E-state index contributed by atoms with van der Waals surface area (Å²) in [6.45, 7) is 7.33. The maximum Gasteiger partial charge on any atom is 0.472 e. The van der Waals surface area contributed by atoms with Gasteiger partial charge >= 0.3 is 39.5 Å². The zero-order chi connectivity index (χ0) is 72.7. The average molecular weight is 1450 g/mol. The minimum atomic E-state index is -4.96. The number of ether oxygens (including phenoxy) is 4. The first kappa shape index (κ1) is 97.1. The van der Waals surface area contributed by atoms with Crippen LogP contribution in [-0.4, -0.2) is 96.7 Å². The Bertz CT molecular complexity index is 1890. The molecule has 0 aliphatic rings. The lowest BCUT2D eigenvalue weighted by molar-refractivity contribution is -0.161. The second kappa shape index (κ2) is 73.0. The van der Waals surface area contributed by atoms with Gasteiger partial charge in [-0.15, -0.1) is 0 Å². The number of phosphoric ester groups is 2. The highest BCUT2D eigenvalue weighted by Gasteiger charge is 2.30. The molecule has 3 N–H and O–H groups in total. The molecule has 0 aromatic carbocycles. The maximum atomic E-state index is 13.1. The van der Waals surface area contributed by atoms with Crippen molar-refractivity contribution in [3.05, 3.63) is 0 Å². The lowest BCUT2D eigenvalue weighted by Gasteiger charge is -2.21. The average Bonchev–Trinajstić information content (AvgIpc) is 1.04. The molecule has 99 heavy (non-hydrogen) atoms. The van der Waals surface area contributed by atoms with E-state index in [4.69, 9.17) is 37.0 Å². The zero-order valence-electron chi connectivity index (χ0n) is 64.6. The van der Waals surface area contributed by atoms with E-state index in [-0.39, 0.29) is 25.7 Å². The molecule has 0 bridgehead atoms. The molecule has 0 saturated carbocycles. The van der Waals surface area contributed by atoms with Crippen LogP contribution in [0.15, 0.2) is 0 Å². The maximum absolute atomic E-state index is 13.1. The Morgan fingerprint density at radius 1 is 0.283 bits per heavy atom. The summed E-state index contributed by atoms with van der Waals surface area (Å²) in [6, 6.07) is 0. The predicted molar refractivity (Wildman–Crippen MR) is 405 cm³/mol. The summed E-state index contributed by atoms with van der Waals surface area (Å²) in [7, 11) is -9.91. The summed E-state index contributed by atoms with van der Waals surface area (Å²) < 4.78 is 68.5. The van der Waals surface area contributed by atoms with Gasteiger partial charge in [-0.3, -0.25) is 37.3 Å². The summed E-state index contributed by atoms with van der Waals surface area (Å²) in [5.41, 5.74) is 0. The predicted octanol–water partition coefficient (Wildman–Crippen LogP) is 24.0. The van der Waals surface area contributed by atoms with Gasteiger partial charge in [0.2, 0.25) is 0 Å². The number of phosphoric acid groups is 2. The van der Waals surface area contributed by atoms with Crippen LogP contribution in [0.2, 0.25) is 0 Å². The largest absolute Gasteiger partial charge is 0.472 e. The lowest BCUT2D eigenvalue weighted by atomic mass is 9.99. The van der Waals surface area contributed by atoms with Gasteiger partial charge in [-0.2, -0.15) is 0 Å². The number of rotatable bonds is 80. The van der Waals surface area contributed by atoms with Crippen LogP contribution in [0, 0.1) is 5.92 Å². The van der Waals surface area contributed by atoms with E-state index in [0.717, 1.165) is 109 Å². The van der Waals surface area contributed by atoms with Gasteiger partial charge in [-0.1, -0.05) is 375 Å². The first-order valence-corrected chi connectivity index (χ1v) is 44.7. The Balaban J connectivity index is 5.15. The number of aliphatic hydroxyl groups is 1. The molecule has 588 valence electrons. The minimum absolute atomic E-state index is 0.107. The van der Waals surface area contributed by atoms with E-state index in [0.29, 0.717) is 25.7 Å². The van der Waals surface area contributed by atoms with Crippen LogP contribution in [0.25, 0.3) is 0 Å². The van der Waals surface area contributed by atoms with Crippen molar-refractivity contribution in [3.8, 4) is 0 Å². The Morgan fingerprint density at radius 2 is 0.485 bits per heavy atom. The van der Waals surface area contributed by atoms with Crippen molar-refractivity contribution in [2.75, 3.05) is 39.6 Å². The molecule has 0 saturated heterocycles. The standard InChI is InChI=1S/C80H156O17P2/c1-6-10-13-16-19-21-23-25-26-27-28-29-30-31-32-33-38-42-46-51-56-61-66-80(85)97-76(70-91-78(83)64-59-54-49-44-41-37-35-34-36-39-43-48-52-57-62-73(5)9-4)72-95-99(88,89)93-68-74(81)67-92-98(86,87)94-71-75(69-90-77(82)63-58-53-47-18-15-12-8-3)96-79(84)65-60-55-50-45-40-24-22-20-17-14-11-7-2/h73-76,81H,6-72H2,1-5H3,(H,86,87)(H,88,89)/t73?,74-,75+,76+/m0/s1. The first-order chi connectivity index (χ1) is 48.1. The highest BCUT2D eigenvalue weighted by Crippen LogP contribution is 2.45. The molecule has 3 unspecified atom stereocenters. The fourth-order valence-electron chi connectivity index (χ4n) is 12.4. The molecule has 0 aromatic rings. The normalized spacial score (nSPS) is 14.1. The lowest BCUT2D eigenvalue weighted by Crippen LogP contribution is -2.30. The van der Waals surface area contributed by atoms with Crippen molar-refractivity contribution < 1.29 is 80.2 Å². The summed E-state index contributed by atoms with van der Waals surface area (Å²) >= 11 is 0. The quantitative estimate of drug-likeness (QED) is 0.0222. The molecular formula is C80H156O17P2. The molecule has 0 aliphatic heterocycles. The summed E-state index contributed by atoms with van der Waals surface area (Å²) in [6.07, 6.45) is 64.0. The number of aliphatic hydroxyl groups excluding tert-OH is 1. The SMILES string of the molecule is CCCCCCCCCCCCCCCCCCCCCCCCC(=O)O[C@H](COC(=O)CCCCCCCCCCCCCCCCC(C)CC)COP(=O)(O)OC[C@@H](O)COP(=O)(O)OC[C@@H](COC(=O)CCCCCCCCC)OC(=O)CCCCCCCCCCCCCC. The van der Waals surface area contributed by atoms with E-state index in [1.54, 1.807) is 0 Å². The Hall–Kier alpha value is -1.94. The summed E-state index contributed by atoms with van der Waals surface area (Å²) in [4.78, 5) is 72.8. The number of hydrogen-bond donors (Lipinski definition) is 3. The second-order valence-electron chi connectivity index (χ2n) is 29.1. The molecule has 19 heteroatoms. The zero-order valence-corrected chi connectivity index (χ0v) is 66.4. The molecule has 0 radical (unpaired) electrons. The van der Waals surface area contributed by atoms with E-state index in [1.807, 2.05) is 0 Å². The van der Waals surface area contributed by atoms with Crippen molar-refractivity contribution >= 4 is 39.5 Å². The fourth-order valence-corrected chi connectivity index (χ4v) is 14.0. The van der Waals surface area contributed by atoms with Crippen LogP contribution < -0.4 is 0 Å².